The second-order valence-corrected chi connectivity index (χ2v) is 9.24. The molecular formula is C18H17BrN4O2S2. The van der Waals surface area contributed by atoms with Gasteiger partial charge in [-0.25, -0.2) is 14.8 Å². The molecule has 1 atom stereocenters. The van der Waals surface area contributed by atoms with E-state index in [4.69, 9.17) is 5.73 Å². The van der Waals surface area contributed by atoms with E-state index < -0.39 is 17.2 Å². The number of imide groups is 1. The van der Waals surface area contributed by atoms with Crippen molar-refractivity contribution in [2.75, 3.05) is 0 Å². The Balaban J connectivity index is 1.95. The summed E-state index contributed by atoms with van der Waals surface area (Å²) in [6.45, 7) is 3.83. The summed E-state index contributed by atoms with van der Waals surface area (Å²) >= 11 is 6.34. The summed E-state index contributed by atoms with van der Waals surface area (Å²) in [5.41, 5.74) is 7.00. The number of nitrogens with zero attached hydrogens (tertiary/aromatic N) is 2. The monoisotopic (exact) mass is 464 g/mol. The van der Waals surface area contributed by atoms with Gasteiger partial charge < -0.3 is 5.73 Å². The number of hydrogen-bond donors (Lipinski definition) is 2. The molecule has 0 bridgehead atoms. The molecule has 0 spiro atoms. The third-order valence-electron chi connectivity index (χ3n) is 3.76. The highest BCUT2D eigenvalue weighted by atomic mass is 79.9. The van der Waals surface area contributed by atoms with Crippen molar-refractivity contribution in [3.63, 3.8) is 0 Å². The van der Waals surface area contributed by atoms with Crippen LogP contribution in [0.2, 0.25) is 0 Å². The van der Waals surface area contributed by atoms with Crippen LogP contribution in [-0.2, 0) is 4.79 Å². The van der Waals surface area contributed by atoms with Crippen molar-refractivity contribution in [3.05, 3.63) is 41.1 Å². The molecule has 27 heavy (non-hydrogen) atoms. The zero-order valence-corrected chi connectivity index (χ0v) is 17.8. The van der Waals surface area contributed by atoms with Crippen molar-refractivity contribution in [2.24, 2.45) is 11.7 Å². The second-order valence-electron chi connectivity index (χ2n) is 6.15. The van der Waals surface area contributed by atoms with Crippen molar-refractivity contribution in [1.82, 2.24) is 15.3 Å². The van der Waals surface area contributed by atoms with Crippen LogP contribution in [0.25, 0.3) is 20.7 Å². The van der Waals surface area contributed by atoms with Gasteiger partial charge in [0.1, 0.15) is 11.4 Å². The van der Waals surface area contributed by atoms with Gasteiger partial charge in [-0.1, -0.05) is 53.7 Å². The van der Waals surface area contributed by atoms with Crippen LogP contribution < -0.4 is 11.1 Å². The Kier molecular flexibility index (Phi) is 6.13. The molecule has 3 aromatic rings. The van der Waals surface area contributed by atoms with Gasteiger partial charge in [-0.2, -0.15) is 0 Å². The van der Waals surface area contributed by atoms with Crippen LogP contribution in [0.1, 0.15) is 13.8 Å². The van der Waals surface area contributed by atoms with E-state index in [-0.39, 0.29) is 5.92 Å². The van der Waals surface area contributed by atoms with Gasteiger partial charge in [0, 0.05) is 9.35 Å². The minimum atomic E-state index is -0.854. The molecule has 0 aliphatic carbocycles. The number of aromatic nitrogens is 2. The van der Waals surface area contributed by atoms with Gasteiger partial charge in [0.2, 0.25) is 5.91 Å². The number of thiophene rings is 1. The second kappa shape index (κ2) is 8.37. The van der Waals surface area contributed by atoms with E-state index in [0.717, 1.165) is 25.1 Å². The van der Waals surface area contributed by atoms with Gasteiger partial charge in [0.15, 0.2) is 0 Å². The number of amides is 3. The molecule has 0 saturated carbocycles. The summed E-state index contributed by atoms with van der Waals surface area (Å²) in [6.07, 6.45) is 1.49. The summed E-state index contributed by atoms with van der Waals surface area (Å²) < 4.78 is 1.93. The largest absolute Gasteiger partial charge is 0.351 e. The number of thioether (sulfide) groups is 1. The number of fused-ring (bicyclic) bond motifs is 1. The summed E-state index contributed by atoms with van der Waals surface area (Å²) in [5, 5.41) is 2.39. The summed E-state index contributed by atoms with van der Waals surface area (Å²) in [7, 11) is 0. The molecule has 3 N–H and O–H groups in total. The van der Waals surface area contributed by atoms with Gasteiger partial charge >= 0.3 is 6.03 Å². The third-order valence-corrected chi connectivity index (χ3v) is 7.14. The number of hydrogen-bond acceptors (Lipinski definition) is 6. The maximum Gasteiger partial charge on any atom is 0.318 e. The van der Waals surface area contributed by atoms with Crippen LogP contribution in [0.15, 0.2) is 46.2 Å². The molecule has 3 rings (SSSR count). The third kappa shape index (κ3) is 4.66. The van der Waals surface area contributed by atoms with E-state index >= 15 is 0 Å². The first kappa shape index (κ1) is 19.8. The van der Waals surface area contributed by atoms with E-state index in [0.29, 0.717) is 5.03 Å². The number of nitrogens with one attached hydrogen (secondary N) is 1. The zero-order chi connectivity index (χ0) is 19.6. The van der Waals surface area contributed by atoms with Crippen LogP contribution in [0.4, 0.5) is 4.79 Å². The lowest BCUT2D eigenvalue weighted by molar-refractivity contribution is -0.120. The smallest absolute Gasteiger partial charge is 0.318 e. The molecule has 0 saturated heterocycles. The van der Waals surface area contributed by atoms with Gasteiger partial charge in [0.05, 0.1) is 15.5 Å². The minimum Gasteiger partial charge on any atom is -0.351 e. The van der Waals surface area contributed by atoms with E-state index in [1.165, 1.54) is 18.1 Å². The molecule has 140 valence electrons. The Hall–Kier alpha value is -1.97. The van der Waals surface area contributed by atoms with E-state index in [9.17, 15) is 9.59 Å². The Morgan fingerprint density at radius 2 is 1.93 bits per heavy atom. The Morgan fingerprint density at radius 3 is 2.56 bits per heavy atom. The lowest BCUT2D eigenvalue weighted by Gasteiger charge is -2.18. The fourth-order valence-corrected chi connectivity index (χ4v) is 5.01. The fraction of sp³-hybridized carbons (Fsp3) is 0.222. The Morgan fingerprint density at radius 1 is 1.22 bits per heavy atom. The number of nitrogens with two attached hydrogens (primary N) is 1. The number of rotatable bonds is 5. The van der Waals surface area contributed by atoms with Crippen molar-refractivity contribution in [2.45, 2.75) is 24.1 Å². The zero-order valence-electron chi connectivity index (χ0n) is 14.6. The number of primary amides is 1. The highest BCUT2D eigenvalue weighted by Crippen LogP contribution is 2.39. The molecule has 2 aromatic heterocycles. The van der Waals surface area contributed by atoms with Gasteiger partial charge in [-0.3, -0.25) is 10.1 Å². The number of urea groups is 1. The quantitative estimate of drug-likeness (QED) is 0.429. The summed E-state index contributed by atoms with van der Waals surface area (Å²) in [4.78, 5) is 33.2. The lowest BCUT2D eigenvalue weighted by Crippen LogP contribution is -2.42. The Bertz CT molecular complexity index is 989. The highest BCUT2D eigenvalue weighted by molar-refractivity contribution is 9.10. The molecule has 9 heteroatoms. The summed E-state index contributed by atoms with van der Waals surface area (Å²) in [6, 6.07) is 9.21. The van der Waals surface area contributed by atoms with E-state index in [1.807, 2.05) is 44.2 Å². The molecule has 6 nitrogen and oxygen atoms in total. The first-order valence-corrected chi connectivity index (χ1v) is 10.6. The highest BCUT2D eigenvalue weighted by Gasteiger charge is 2.26. The average molecular weight is 465 g/mol. The van der Waals surface area contributed by atoms with E-state index in [1.54, 1.807) is 11.3 Å². The number of benzene rings is 1. The average Bonchev–Trinajstić information content (AvgIpc) is 3.04. The first-order chi connectivity index (χ1) is 12.8. The SMILES string of the molecule is CC(C)[C@@H](Sc1ncnc2cc(-c3ccc(Br)cc3)sc12)C(=O)NC(N)=O. The van der Waals surface area contributed by atoms with Crippen molar-refractivity contribution in [3.8, 4) is 10.4 Å². The molecular weight excluding hydrogens is 448 g/mol. The Labute approximate surface area is 173 Å². The molecule has 2 heterocycles. The van der Waals surface area contributed by atoms with Crippen LogP contribution in [0, 0.1) is 5.92 Å². The van der Waals surface area contributed by atoms with Crippen LogP contribution in [-0.4, -0.2) is 27.2 Å². The fourth-order valence-electron chi connectivity index (χ4n) is 2.48. The number of carbonyl (C=O) groups is 2. The topological polar surface area (TPSA) is 98.0 Å². The molecule has 0 radical (unpaired) electrons. The number of halogens is 1. The molecule has 0 aliphatic rings. The van der Waals surface area contributed by atoms with Crippen LogP contribution >= 0.6 is 39.0 Å². The van der Waals surface area contributed by atoms with Crippen molar-refractivity contribution < 1.29 is 9.59 Å². The molecule has 0 unspecified atom stereocenters. The van der Waals surface area contributed by atoms with Gasteiger partial charge in [-0.05, 0) is 29.7 Å². The predicted molar refractivity (Wildman–Crippen MR) is 113 cm³/mol. The van der Waals surface area contributed by atoms with Crippen LogP contribution in [0.3, 0.4) is 0 Å². The molecule has 3 amide bonds. The van der Waals surface area contributed by atoms with Crippen molar-refractivity contribution in [1.29, 1.82) is 0 Å². The minimum absolute atomic E-state index is 0.00901. The first-order valence-electron chi connectivity index (χ1n) is 8.12. The van der Waals surface area contributed by atoms with Gasteiger partial charge in [-0.15, -0.1) is 11.3 Å². The van der Waals surface area contributed by atoms with E-state index in [2.05, 4.69) is 31.2 Å². The maximum absolute atomic E-state index is 12.3. The molecule has 0 fully saturated rings. The van der Waals surface area contributed by atoms with Gasteiger partial charge in [0.25, 0.3) is 0 Å². The lowest BCUT2D eigenvalue weighted by atomic mass is 10.1. The van der Waals surface area contributed by atoms with Crippen molar-refractivity contribution >= 4 is 61.2 Å². The normalized spacial score (nSPS) is 12.3. The molecule has 0 aliphatic heterocycles. The van der Waals surface area contributed by atoms with Crippen LogP contribution in [0.5, 0.6) is 0 Å². The predicted octanol–water partition coefficient (Wildman–Crippen LogP) is 4.43. The maximum atomic E-state index is 12.3. The number of carbonyl (C=O) groups excluding carboxylic acids is 2. The molecule has 1 aromatic carbocycles. The summed E-state index contributed by atoms with van der Waals surface area (Å²) in [5.74, 6) is -0.427. The standard InChI is InChI=1S/C18H17BrN4O2S2/c1-9(2)14(16(24)23-18(20)25)27-17-15-12(21-8-22-17)7-13(26-15)10-3-5-11(19)6-4-10/h3-9,14H,1-2H3,(H3,20,23,24,25)/t14-/m1/s1.